The summed E-state index contributed by atoms with van der Waals surface area (Å²) in [6.45, 7) is 1.62. The van der Waals surface area contributed by atoms with Crippen molar-refractivity contribution in [1.82, 2.24) is 9.88 Å². The summed E-state index contributed by atoms with van der Waals surface area (Å²) in [4.78, 5) is 28.2. The molecule has 1 aromatic heterocycles. The third-order valence-electron chi connectivity index (χ3n) is 3.44. The molecule has 0 aliphatic carbocycles. The molecule has 1 aromatic rings. The second-order valence-corrected chi connectivity index (χ2v) is 7.08. The summed E-state index contributed by atoms with van der Waals surface area (Å²) < 4.78 is 22.8. The van der Waals surface area contributed by atoms with Crippen molar-refractivity contribution in [2.45, 2.75) is 19.4 Å². The molecule has 1 unspecified atom stereocenters. The highest BCUT2D eigenvalue weighted by molar-refractivity contribution is 7.91. The van der Waals surface area contributed by atoms with Crippen LogP contribution in [0, 0.1) is 6.92 Å². The van der Waals surface area contributed by atoms with Gasteiger partial charge in [0.2, 0.25) is 0 Å². The Morgan fingerprint density at radius 3 is 2.68 bits per heavy atom. The Kier molecular flexibility index (Phi) is 3.49. The predicted molar refractivity (Wildman–Crippen MR) is 71.0 cm³/mol. The number of amides is 1. The van der Waals surface area contributed by atoms with Gasteiger partial charge in [-0.05, 0) is 13.3 Å². The molecule has 0 bridgehead atoms. The van der Waals surface area contributed by atoms with Crippen LogP contribution in [0.4, 0.5) is 0 Å². The van der Waals surface area contributed by atoms with Crippen molar-refractivity contribution >= 4 is 15.7 Å². The van der Waals surface area contributed by atoms with Crippen LogP contribution in [0.1, 0.15) is 22.3 Å². The van der Waals surface area contributed by atoms with Crippen molar-refractivity contribution < 1.29 is 13.2 Å². The van der Waals surface area contributed by atoms with E-state index in [2.05, 4.69) is 4.98 Å². The molecule has 1 amide bonds. The fourth-order valence-electron chi connectivity index (χ4n) is 2.19. The van der Waals surface area contributed by atoms with Crippen molar-refractivity contribution in [3.05, 3.63) is 33.7 Å². The minimum atomic E-state index is -3.05. The minimum Gasteiger partial charge on any atom is -0.366 e. The molecule has 1 atom stereocenters. The number of rotatable bonds is 2. The Morgan fingerprint density at radius 1 is 1.42 bits per heavy atom. The molecule has 1 saturated heterocycles. The first kappa shape index (κ1) is 13.8. The molecule has 6 nitrogen and oxygen atoms in total. The molecule has 2 heterocycles. The van der Waals surface area contributed by atoms with Crippen LogP contribution in [-0.4, -0.2) is 48.8 Å². The quantitative estimate of drug-likeness (QED) is 0.824. The van der Waals surface area contributed by atoms with E-state index in [9.17, 15) is 18.0 Å². The second kappa shape index (κ2) is 4.80. The van der Waals surface area contributed by atoms with Gasteiger partial charge in [-0.1, -0.05) is 0 Å². The highest BCUT2D eigenvalue weighted by Gasteiger charge is 2.33. The van der Waals surface area contributed by atoms with Gasteiger partial charge in [0.05, 0.1) is 11.5 Å². The van der Waals surface area contributed by atoms with Crippen LogP contribution in [0.25, 0.3) is 0 Å². The number of hydrogen-bond acceptors (Lipinski definition) is 4. The molecular formula is C12H16N2O4S. The number of sulfone groups is 1. The molecule has 0 saturated carbocycles. The second-order valence-electron chi connectivity index (χ2n) is 4.85. The third kappa shape index (κ3) is 2.70. The fourth-order valence-corrected chi connectivity index (χ4v) is 3.96. The minimum absolute atomic E-state index is 0.0288. The Bertz CT molecular complexity index is 663. The lowest BCUT2D eigenvalue weighted by molar-refractivity contribution is 0.0746. The molecular weight excluding hydrogens is 268 g/mol. The average Bonchev–Trinajstić information content (AvgIpc) is 2.71. The van der Waals surface area contributed by atoms with Crippen LogP contribution in [0.5, 0.6) is 0 Å². The van der Waals surface area contributed by atoms with E-state index in [0.717, 1.165) is 0 Å². The molecule has 7 heteroatoms. The van der Waals surface area contributed by atoms with Gasteiger partial charge in [0.15, 0.2) is 15.3 Å². The number of carbonyl (C=O) groups excluding carboxylic acids is 1. The fraction of sp³-hybridized carbons (Fsp3) is 0.500. The molecule has 1 aliphatic heterocycles. The highest BCUT2D eigenvalue weighted by atomic mass is 32.2. The number of aromatic amines is 1. The molecule has 0 spiro atoms. The monoisotopic (exact) mass is 284 g/mol. The molecule has 1 fully saturated rings. The largest absolute Gasteiger partial charge is 0.366 e. The maximum atomic E-state index is 12.2. The maximum absolute atomic E-state index is 12.2. The van der Waals surface area contributed by atoms with Crippen LogP contribution in [0.15, 0.2) is 17.2 Å². The molecule has 0 aromatic carbocycles. The maximum Gasteiger partial charge on any atom is 0.259 e. The zero-order valence-electron chi connectivity index (χ0n) is 10.8. The topological polar surface area (TPSA) is 87.3 Å². The smallest absolute Gasteiger partial charge is 0.259 e. The Morgan fingerprint density at radius 2 is 2.11 bits per heavy atom. The van der Waals surface area contributed by atoms with Gasteiger partial charge >= 0.3 is 0 Å². The lowest BCUT2D eigenvalue weighted by Crippen LogP contribution is -2.40. The van der Waals surface area contributed by atoms with Crippen LogP contribution in [0.3, 0.4) is 0 Å². The van der Waals surface area contributed by atoms with E-state index >= 15 is 0 Å². The summed E-state index contributed by atoms with van der Waals surface area (Å²) >= 11 is 0. The molecule has 1 aliphatic rings. The standard InChI is InChI=1S/C12H16N2O4S/c1-8-5-13-6-10(11(8)15)12(16)14(2)9-3-4-19(17,18)7-9/h5-6,9H,3-4,7H2,1-2H3,(H,13,15). The van der Waals surface area contributed by atoms with Crippen LogP contribution in [0.2, 0.25) is 0 Å². The lowest BCUT2D eigenvalue weighted by Gasteiger charge is -2.23. The Balaban J connectivity index is 2.25. The lowest BCUT2D eigenvalue weighted by atomic mass is 10.1. The Hall–Kier alpha value is -1.63. The van der Waals surface area contributed by atoms with Crippen LogP contribution >= 0.6 is 0 Å². The van der Waals surface area contributed by atoms with E-state index < -0.39 is 15.7 Å². The van der Waals surface area contributed by atoms with E-state index in [0.29, 0.717) is 12.0 Å². The summed E-state index contributed by atoms with van der Waals surface area (Å²) in [5, 5.41) is 0. The van der Waals surface area contributed by atoms with Crippen molar-refractivity contribution in [2.24, 2.45) is 0 Å². The predicted octanol–water partition coefficient (Wildman–Crippen LogP) is -0.0576. The number of aromatic nitrogens is 1. The molecule has 104 valence electrons. The number of nitrogens with one attached hydrogen (secondary N) is 1. The normalized spacial score (nSPS) is 21.3. The number of aryl methyl sites for hydroxylation is 1. The van der Waals surface area contributed by atoms with E-state index in [1.54, 1.807) is 6.92 Å². The SMILES string of the molecule is Cc1c[nH]cc(C(=O)N(C)C2CCS(=O)(=O)C2)c1=O. The average molecular weight is 284 g/mol. The van der Waals surface area contributed by atoms with Gasteiger partial charge in [-0.25, -0.2) is 8.42 Å². The molecule has 19 heavy (non-hydrogen) atoms. The Labute approximate surface area is 111 Å². The number of H-pyrrole nitrogens is 1. The van der Waals surface area contributed by atoms with Gasteiger partial charge in [-0.3, -0.25) is 9.59 Å². The van der Waals surface area contributed by atoms with Gasteiger partial charge < -0.3 is 9.88 Å². The summed E-state index contributed by atoms with van der Waals surface area (Å²) in [6, 6.07) is -0.350. The summed E-state index contributed by atoms with van der Waals surface area (Å²) in [5.41, 5.74) is 0.182. The zero-order chi connectivity index (χ0) is 14.2. The van der Waals surface area contributed by atoms with Gasteiger partial charge in [0, 0.05) is 31.0 Å². The third-order valence-corrected chi connectivity index (χ3v) is 5.19. The van der Waals surface area contributed by atoms with Gasteiger partial charge in [-0.15, -0.1) is 0 Å². The summed E-state index contributed by atoms with van der Waals surface area (Å²) in [6.07, 6.45) is 3.31. The van der Waals surface area contributed by atoms with Gasteiger partial charge in [0.1, 0.15) is 5.56 Å². The zero-order valence-corrected chi connectivity index (χ0v) is 11.7. The van der Waals surface area contributed by atoms with E-state index in [1.807, 2.05) is 0 Å². The first-order valence-electron chi connectivity index (χ1n) is 5.97. The summed E-state index contributed by atoms with van der Waals surface area (Å²) in [7, 11) is -1.52. The molecule has 1 N–H and O–H groups in total. The first-order chi connectivity index (χ1) is 8.82. The number of carbonyl (C=O) groups is 1. The number of pyridine rings is 1. The molecule has 2 rings (SSSR count). The van der Waals surface area contributed by atoms with Crippen molar-refractivity contribution in [3.8, 4) is 0 Å². The molecule has 0 radical (unpaired) electrons. The van der Waals surface area contributed by atoms with E-state index in [1.165, 1.54) is 24.3 Å². The van der Waals surface area contributed by atoms with Gasteiger partial charge in [0.25, 0.3) is 5.91 Å². The van der Waals surface area contributed by atoms with E-state index in [4.69, 9.17) is 0 Å². The number of nitrogens with zero attached hydrogens (tertiary/aromatic N) is 1. The highest BCUT2D eigenvalue weighted by Crippen LogP contribution is 2.17. The van der Waals surface area contributed by atoms with Crippen molar-refractivity contribution in [2.75, 3.05) is 18.6 Å². The van der Waals surface area contributed by atoms with E-state index in [-0.39, 0.29) is 28.5 Å². The first-order valence-corrected chi connectivity index (χ1v) is 7.79. The van der Waals surface area contributed by atoms with Crippen LogP contribution in [-0.2, 0) is 9.84 Å². The van der Waals surface area contributed by atoms with Crippen molar-refractivity contribution in [1.29, 1.82) is 0 Å². The summed E-state index contributed by atoms with van der Waals surface area (Å²) in [5.74, 6) is -0.370. The van der Waals surface area contributed by atoms with Crippen molar-refractivity contribution in [3.63, 3.8) is 0 Å². The number of hydrogen-bond donors (Lipinski definition) is 1. The van der Waals surface area contributed by atoms with Crippen LogP contribution < -0.4 is 5.43 Å². The van der Waals surface area contributed by atoms with Gasteiger partial charge in [-0.2, -0.15) is 0 Å².